The Balaban J connectivity index is 2.94. The van der Waals surface area contributed by atoms with E-state index in [0.29, 0.717) is 0 Å². The third kappa shape index (κ3) is 2.32. The number of aromatic nitrogens is 2. The average Bonchev–Trinajstić information content (AvgIpc) is 2.09. The fraction of sp³-hybridized carbons (Fsp3) is 0.375. The molecule has 0 bridgehead atoms. The van der Waals surface area contributed by atoms with Gasteiger partial charge in [-0.05, 0) is 0 Å². The summed E-state index contributed by atoms with van der Waals surface area (Å²) >= 11 is 0. The van der Waals surface area contributed by atoms with E-state index in [2.05, 4.69) is 5.43 Å². The van der Waals surface area contributed by atoms with E-state index in [1.807, 2.05) is 4.98 Å². The highest BCUT2D eigenvalue weighted by Crippen LogP contribution is 1.90. The van der Waals surface area contributed by atoms with Crippen LogP contribution in [0.15, 0.2) is 21.9 Å². The molecule has 1 aromatic heterocycles. The lowest BCUT2D eigenvalue weighted by molar-refractivity contribution is -0.119. The van der Waals surface area contributed by atoms with E-state index in [1.165, 1.54) is 6.20 Å². The summed E-state index contributed by atoms with van der Waals surface area (Å²) in [6.45, 7) is 3.40. The molecule has 0 saturated carbocycles. The standard InChI is InChI=1S/C8H11N3O3/c1-5(2)7(13)10-11-4-3-6(12)9-8(11)14/h3-5H,1-2H3,(H,10,13)(H,9,12,14). The van der Waals surface area contributed by atoms with Gasteiger partial charge in [-0.3, -0.25) is 20.0 Å². The van der Waals surface area contributed by atoms with Crippen molar-refractivity contribution in [3.8, 4) is 0 Å². The van der Waals surface area contributed by atoms with Crippen molar-refractivity contribution < 1.29 is 4.79 Å². The molecule has 6 nitrogen and oxygen atoms in total. The van der Waals surface area contributed by atoms with E-state index in [0.717, 1.165) is 10.7 Å². The van der Waals surface area contributed by atoms with Crippen LogP contribution in [0.2, 0.25) is 0 Å². The minimum atomic E-state index is -0.661. The van der Waals surface area contributed by atoms with Gasteiger partial charge in [0.1, 0.15) is 0 Å². The Bertz CT molecular complexity index is 444. The molecule has 0 spiro atoms. The molecule has 14 heavy (non-hydrogen) atoms. The summed E-state index contributed by atoms with van der Waals surface area (Å²) in [7, 11) is 0. The number of hydrogen-bond donors (Lipinski definition) is 2. The lowest BCUT2D eigenvalue weighted by Crippen LogP contribution is -2.38. The number of hydrogen-bond acceptors (Lipinski definition) is 3. The number of H-pyrrole nitrogens is 1. The number of carbonyl (C=O) groups is 1. The van der Waals surface area contributed by atoms with Crippen LogP contribution in [0.3, 0.4) is 0 Å². The molecule has 0 aliphatic heterocycles. The van der Waals surface area contributed by atoms with Crippen molar-refractivity contribution in [1.82, 2.24) is 9.66 Å². The van der Waals surface area contributed by atoms with E-state index in [1.54, 1.807) is 13.8 Å². The molecule has 0 aromatic carbocycles. The molecular weight excluding hydrogens is 186 g/mol. The Morgan fingerprint density at radius 1 is 1.50 bits per heavy atom. The van der Waals surface area contributed by atoms with E-state index in [-0.39, 0.29) is 11.8 Å². The van der Waals surface area contributed by atoms with Gasteiger partial charge < -0.3 is 0 Å². The summed E-state index contributed by atoms with van der Waals surface area (Å²) in [5.41, 5.74) is 1.18. The SMILES string of the molecule is CC(C)C(=O)Nn1ccc(=O)[nH]c1=O. The molecule has 1 aromatic rings. The number of aromatic amines is 1. The Kier molecular flexibility index (Phi) is 2.85. The zero-order valence-electron chi connectivity index (χ0n) is 7.90. The van der Waals surface area contributed by atoms with Crippen LogP contribution < -0.4 is 16.7 Å². The quantitative estimate of drug-likeness (QED) is 0.655. The zero-order valence-corrected chi connectivity index (χ0v) is 7.90. The first-order valence-corrected chi connectivity index (χ1v) is 4.13. The van der Waals surface area contributed by atoms with E-state index >= 15 is 0 Å². The predicted molar refractivity (Wildman–Crippen MR) is 50.5 cm³/mol. The van der Waals surface area contributed by atoms with E-state index < -0.39 is 11.2 Å². The second-order valence-corrected chi connectivity index (χ2v) is 3.11. The van der Waals surface area contributed by atoms with Crippen molar-refractivity contribution in [3.63, 3.8) is 0 Å². The molecular formula is C8H11N3O3. The summed E-state index contributed by atoms with van der Waals surface area (Å²) in [6, 6.07) is 1.15. The molecule has 76 valence electrons. The lowest BCUT2D eigenvalue weighted by Gasteiger charge is -2.08. The summed E-state index contributed by atoms with van der Waals surface area (Å²) in [5.74, 6) is -0.520. The van der Waals surface area contributed by atoms with Crippen LogP contribution in [-0.2, 0) is 4.79 Å². The van der Waals surface area contributed by atoms with Gasteiger partial charge in [-0.25, -0.2) is 9.47 Å². The van der Waals surface area contributed by atoms with Crippen molar-refractivity contribution in [2.24, 2.45) is 5.92 Å². The minimum Gasteiger partial charge on any atom is -0.273 e. The van der Waals surface area contributed by atoms with Gasteiger partial charge in [-0.15, -0.1) is 0 Å². The summed E-state index contributed by atoms with van der Waals surface area (Å²) in [6.07, 6.45) is 1.21. The largest absolute Gasteiger partial charge is 0.347 e. The zero-order chi connectivity index (χ0) is 10.7. The number of rotatable bonds is 2. The number of nitrogens with zero attached hydrogens (tertiary/aromatic N) is 1. The first-order chi connectivity index (χ1) is 6.50. The normalized spacial score (nSPS) is 10.2. The van der Waals surface area contributed by atoms with E-state index in [4.69, 9.17) is 0 Å². The van der Waals surface area contributed by atoms with Gasteiger partial charge in [0.05, 0.1) is 0 Å². The van der Waals surface area contributed by atoms with Crippen molar-refractivity contribution in [2.45, 2.75) is 13.8 Å². The van der Waals surface area contributed by atoms with Gasteiger partial charge in [0.15, 0.2) is 0 Å². The molecule has 6 heteroatoms. The van der Waals surface area contributed by atoms with Crippen molar-refractivity contribution in [1.29, 1.82) is 0 Å². The third-order valence-electron chi connectivity index (χ3n) is 1.58. The third-order valence-corrected chi connectivity index (χ3v) is 1.58. The molecule has 0 saturated heterocycles. The molecule has 0 fully saturated rings. The fourth-order valence-corrected chi connectivity index (χ4v) is 0.753. The van der Waals surface area contributed by atoms with Crippen LogP contribution >= 0.6 is 0 Å². The lowest BCUT2D eigenvalue weighted by atomic mass is 10.2. The van der Waals surface area contributed by atoms with Crippen molar-refractivity contribution >= 4 is 5.91 Å². The number of nitrogens with one attached hydrogen (secondary N) is 2. The van der Waals surface area contributed by atoms with Crippen LogP contribution in [0.25, 0.3) is 0 Å². The van der Waals surface area contributed by atoms with Crippen LogP contribution in [-0.4, -0.2) is 15.6 Å². The highest BCUT2D eigenvalue weighted by Gasteiger charge is 2.07. The monoisotopic (exact) mass is 197 g/mol. The number of amides is 1. The Morgan fingerprint density at radius 3 is 2.64 bits per heavy atom. The maximum atomic E-state index is 11.2. The molecule has 0 atom stereocenters. The van der Waals surface area contributed by atoms with Crippen molar-refractivity contribution in [3.05, 3.63) is 33.1 Å². The van der Waals surface area contributed by atoms with Gasteiger partial charge in [0.25, 0.3) is 5.56 Å². The first kappa shape index (κ1) is 10.2. The summed E-state index contributed by atoms with van der Waals surface area (Å²) in [4.78, 5) is 35.0. The molecule has 0 aliphatic carbocycles. The molecule has 0 radical (unpaired) electrons. The topological polar surface area (TPSA) is 84.0 Å². The first-order valence-electron chi connectivity index (χ1n) is 4.13. The molecule has 2 N–H and O–H groups in total. The van der Waals surface area contributed by atoms with Crippen molar-refractivity contribution in [2.75, 3.05) is 5.43 Å². The van der Waals surface area contributed by atoms with Crippen LogP contribution in [0.5, 0.6) is 0 Å². The Morgan fingerprint density at radius 2 is 2.14 bits per heavy atom. The molecule has 1 rings (SSSR count). The second-order valence-electron chi connectivity index (χ2n) is 3.11. The fourth-order valence-electron chi connectivity index (χ4n) is 0.753. The molecule has 0 unspecified atom stereocenters. The Hall–Kier alpha value is -1.85. The predicted octanol–water partition coefficient (Wildman–Crippen LogP) is -0.737. The minimum absolute atomic E-state index is 0.228. The molecule has 1 amide bonds. The van der Waals surface area contributed by atoms with Gasteiger partial charge in [-0.2, -0.15) is 0 Å². The second kappa shape index (κ2) is 3.91. The van der Waals surface area contributed by atoms with Gasteiger partial charge >= 0.3 is 5.69 Å². The maximum Gasteiger partial charge on any atom is 0.347 e. The highest BCUT2D eigenvalue weighted by molar-refractivity contribution is 5.85. The smallest absolute Gasteiger partial charge is 0.273 e. The Labute approximate surface area is 79.5 Å². The van der Waals surface area contributed by atoms with Gasteiger partial charge in [0.2, 0.25) is 5.91 Å². The molecule has 1 heterocycles. The highest BCUT2D eigenvalue weighted by atomic mass is 16.2. The van der Waals surface area contributed by atoms with Crippen LogP contribution in [0.1, 0.15) is 13.8 Å². The number of carbonyl (C=O) groups excluding carboxylic acids is 1. The van der Waals surface area contributed by atoms with Crippen LogP contribution in [0, 0.1) is 5.92 Å². The van der Waals surface area contributed by atoms with E-state index in [9.17, 15) is 14.4 Å². The average molecular weight is 197 g/mol. The van der Waals surface area contributed by atoms with Gasteiger partial charge in [0, 0.05) is 18.2 Å². The maximum absolute atomic E-state index is 11.2. The summed E-state index contributed by atoms with van der Waals surface area (Å²) < 4.78 is 0.934. The molecule has 0 aliphatic rings. The summed E-state index contributed by atoms with van der Waals surface area (Å²) in [5, 5.41) is 0. The van der Waals surface area contributed by atoms with Gasteiger partial charge in [-0.1, -0.05) is 13.8 Å². The van der Waals surface area contributed by atoms with Crippen LogP contribution in [0.4, 0.5) is 0 Å².